The average Bonchev–Trinajstić information content (AvgIpc) is 2.28. The van der Waals surface area contributed by atoms with Gasteiger partial charge in [0.2, 0.25) is 0 Å². The number of fused-ring (bicyclic) bond motifs is 1. The molecule has 0 heterocycles. The smallest absolute Gasteiger partial charge is 0.0441 e. The van der Waals surface area contributed by atoms with E-state index >= 15 is 0 Å². The summed E-state index contributed by atoms with van der Waals surface area (Å²) in [5.41, 5.74) is 1.22. The number of rotatable bonds is 4. The number of hydrogen-bond acceptors (Lipinski definition) is 2. The minimum Gasteiger partial charge on any atom is -0.379 e. The van der Waals surface area contributed by atoms with Crippen LogP contribution in [0.1, 0.15) is 13.8 Å². The molecule has 0 radical (unpaired) electrons. The van der Waals surface area contributed by atoms with E-state index < -0.39 is 0 Å². The zero-order valence-corrected chi connectivity index (χ0v) is 10.7. The molecule has 2 nitrogen and oxygen atoms in total. The van der Waals surface area contributed by atoms with Crippen molar-refractivity contribution in [1.82, 2.24) is 5.32 Å². The Morgan fingerprint density at radius 1 is 1.00 bits per heavy atom. The SMILES string of the molecule is CNCC(C)(C)Nc1ccc2ccccc2c1. The lowest BCUT2D eigenvalue weighted by molar-refractivity contribution is 0.531. The van der Waals surface area contributed by atoms with Gasteiger partial charge in [0.15, 0.2) is 0 Å². The summed E-state index contributed by atoms with van der Waals surface area (Å²) < 4.78 is 0. The summed E-state index contributed by atoms with van der Waals surface area (Å²) >= 11 is 0. The first-order valence-electron chi connectivity index (χ1n) is 6.02. The number of nitrogens with one attached hydrogen (secondary N) is 2. The van der Waals surface area contributed by atoms with Crippen LogP contribution in [0.25, 0.3) is 10.8 Å². The second-order valence-electron chi connectivity index (χ2n) is 5.10. The van der Waals surface area contributed by atoms with E-state index in [0.717, 1.165) is 6.54 Å². The second kappa shape index (κ2) is 4.76. The van der Waals surface area contributed by atoms with Crippen molar-refractivity contribution in [3.63, 3.8) is 0 Å². The van der Waals surface area contributed by atoms with Crippen molar-refractivity contribution in [2.24, 2.45) is 0 Å². The zero-order chi connectivity index (χ0) is 12.3. The van der Waals surface area contributed by atoms with Crippen molar-refractivity contribution in [2.75, 3.05) is 18.9 Å². The van der Waals surface area contributed by atoms with E-state index in [2.05, 4.69) is 66.9 Å². The average molecular weight is 228 g/mol. The lowest BCUT2D eigenvalue weighted by Gasteiger charge is -2.27. The Balaban J connectivity index is 2.25. The molecule has 2 aromatic rings. The van der Waals surface area contributed by atoms with Gasteiger partial charge in [-0.05, 0) is 43.8 Å². The molecule has 2 aromatic carbocycles. The van der Waals surface area contributed by atoms with Crippen LogP contribution < -0.4 is 10.6 Å². The van der Waals surface area contributed by atoms with Gasteiger partial charge < -0.3 is 10.6 Å². The molecule has 0 aliphatic carbocycles. The summed E-state index contributed by atoms with van der Waals surface area (Å²) in [6.45, 7) is 5.32. The summed E-state index contributed by atoms with van der Waals surface area (Å²) in [5, 5.41) is 9.31. The Kier molecular flexibility index (Phi) is 3.34. The number of anilines is 1. The normalized spacial score (nSPS) is 11.7. The zero-order valence-electron chi connectivity index (χ0n) is 10.7. The van der Waals surface area contributed by atoms with Gasteiger partial charge in [-0.1, -0.05) is 30.3 Å². The molecular formula is C15H20N2. The highest BCUT2D eigenvalue weighted by Gasteiger charge is 2.15. The first-order chi connectivity index (χ1) is 8.11. The maximum atomic E-state index is 3.55. The Bertz CT molecular complexity index is 503. The quantitative estimate of drug-likeness (QED) is 0.839. The Morgan fingerprint density at radius 3 is 2.41 bits per heavy atom. The molecular weight excluding hydrogens is 208 g/mol. The van der Waals surface area contributed by atoms with Crippen LogP contribution in [-0.4, -0.2) is 19.1 Å². The van der Waals surface area contributed by atoms with Crippen LogP contribution in [0.15, 0.2) is 42.5 Å². The molecule has 0 saturated carbocycles. The fourth-order valence-corrected chi connectivity index (χ4v) is 2.14. The summed E-state index contributed by atoms with van der Waals surface area (Å²) in [6.07, 6.45) is 0. The van der Waals surface area contributed by atoms with Gasteiger partial charge in [0.1, 0.15) is 0 Å². The van der Waals surface area contributed by atoms with Crippen LogP contribution >= 0.6 is 0 Å². The predicted molar refractivity (Wildman–Crippen MR) is 75.6 cm³/mol. The monoisotopic (exact) mass is 228 g/mol. The lowest BCUT2D eigenvalue weighted by Crippen LogP contribution is -2.40. The van der Waals surface area contributed by atoms with Crippen molar-refractivity contribution in [1.29, 1.82) is 0 Å². The Labute approximate surface area is 103 Å². The molecule has 0 bridgehead atoms. The van der Waals surface area contributed by atoms with Gasteiger partial charge in [-0.2, -0.15) is 0 Å². The first kappa shape index (κ1) is 11.9. The summed E-state index contributed by atoms with van der Waals surface area (Å²) in [4.78, 5) is 0. The van der Waals surface area contributed by atoms with E-state index in [1.807, 2.05) is 7.05 Å². The standard InChI is InChI=1S/C15H20N2/c1-15(2,11-16-3)17-14-9-8-12-6-4-5-7-13(12)10-14/h4-10,16-17H,11H2,1-3H3. The van der Waals surface area contributed by atoms with Gasteiger partial charge in [-0.25, -0.2) is 0 Å². The van der Waals surface area contributed by atoms with E-state index in [4.69, 9.17) is 0 Å². The molecule has 2 heteroatoms. The Hall–Kier alpha value is -1.54. The van der Waals surface area contributed by atoms with Gasteiger partial charge in [-0.3, -0.25) is 0 Å². The van der Waals surface area contributed by atoms with Crippen molar-refractivity contribution in [2.45, 2.75) is 19.4 Å². The van der Waals surface area contributed by atoms with E-state index in [9.17, 15) is 0 Å². The second-order valence-corrected chi connectivity index (χ2v) is 5.10. The van der Waals surface area contributed by atoms with E-state index in [1.165, 1.54) is 16.5 Å². The van der Waals surface area contributed by atoms with Crippen LogP contribution in [0.3, 0.4) is 0 Å². The molecule has 90 valence electrons. The molecule has 0 atom stereocenters. The fourth-order valence-electron chi connectivity index (χ4n) is 2.14. The van der Waals surface area contributed by atoms with Gasteiger partial charge in [0, 0.05) is 17.8 Å². The van der Waals surface area contributed by atoms with Gasteiger partial charge in [0.25, 0.3) is 0 Å². The molecule has 0 aromatic heterocycles. The van der Waals surface area contributed by atoms with Gasteiger partial charge >= 0.3 is 0 Å². The number of benzene rings is 2. The van der Waals surface area contributed by atoms with E-state index in [1.54, 1.807) is 0 Å². The summed E-state index contributed by atoms with van der Waals surface area (Å²) in [7, 11) is 1.98. The van der Waals surface area contributed by atoms with Crippen LogP contribution in [0.2, 0.25) is 0 Å². The molecule has 0 amide bonds. The molecule has 2 rings (SSSR count). The fraction of sp³-hybridized carbons (Fsp3) is 0.333. The minimum atomic E-state index is 0.0528. The molecule has 0 saturated heterocycles. The Morgan fingerprint density at radius 2 is 1.71 bits per heavy atom. The van der Waals surface area contributed by atoms with Crippen LogP contribution in [0.4, 0.5) is 5.69 Å². The van der Waals surface area contributed by atoms with Crippen molar-refractivity contribution >= 4 is 16.5 Å². The molecule has 0 spiro atoms. The topological polar surface area (TPSA) is 24.1 Å². The predicted octanol–water partition coefficient (Wildman–Crippen LogP) is 3.25. The maximum absolute atomic E-state index is 3.55. The summed E-state index contributed by atoms with van der Waals surface area (Å²) in [5.74, 6) is 0. The first-order valence-corrected chi connectivity index (χ1v) is 6.02. The van der Waals surface area contributed by atoms with Crippen molar-refractivity contribution in [3.05, 3.63) is 42.5 Å². The molecule has 0 aliphatic rings. The highest BCUT2D eigenvalue weighted by Crippen LogP contribution is 2.21. The van der Waals surface area contributed by atoms with Crippen LogP contribution in [0, 0.1) is 0 Å². The third-order valence-electron chi connectivity index (χ3n) is 2.85. The lowest BCUT2D eigenvalue weighted by atomic mass is 10.0. The largest absolute Gasteiger partial charge is 0.379 e. The third kappa shape index (κ3) is 2.98. The molecule has 0 fully saturated rings. The minimum absolute atomic E-state index is 0.0528. The van der Waals surface area contributed by atoms with Crippen LogP contribution in [-0.2, 0) is 0 Å². The molecule has 0 aliphatic heterocycles. The number of likely N-dealkylation sites (N-methyl/N-ethyl adjacent to an activating group) is 1. The highest BCUT2D eigenvalue weighted by atomic mass is 15.0. The number of hydrogen-bond donors (Lipinski definition) is 2. The van der Waals surface area contributed by atoms with Crippen LogP contribution in [0.5, 0.6) is 0 Å². The highest BCUT2D eigenvalue weighted by molar-refractivity contribution is 5.85. The molecule has 2 N–H and O–H groups in total. The van der Waals surface area contributed by atoms with E-state index in [-0.39, 0.29) is 5.54 Å². The van der Waals surface area contributed by atoms with Gasteiger partial charge in [0.05, 0.1) is 0 Å². The molecule has 0 unspecified atom stereocenters. The van der Waals surface area contributed by atoms with Gasteiger partial charge in [-0.15, -0.1) is 0 Å². The van der Waals surface area contributed by atoms with Crippen molar-refractivity contribution < 1.29 is 0 Å². The third-order valence-corrected chi connectivity index (χ3v) is 2.85. The molecule has 17 heavy (non-hydrogen) atoms. The maximum Gasteiger partial charge on any atom is 0.0441 e. The van der Waals surface area contributed by atoms with Crippen molar-refractivity contribution in [3.8, 4) is 0 Å². The van der Waals surface area contributed by atoms with E-state index in [0.29, 0.717) is 0 Å². The summed E-state index contributed by atoms with van der Waals surface area (Å²) in [6, 6.07) is 14.9.